The van der Waals surface area contributed by atoms with Crippen molar-refractivity contribution in [2.75, 3.05) is 0 Å². The van der Waals surface area contributed by atoms with Gasteiger partial charge in [0.05, 0.1) is 0 Å². The highest BCUT2D eigenvalue weighted by atomic mass is 19.1. The second-order valence-electron chi connectivity index (χ2n) is 4.08. The number of halogens is 1. The molecule has 6 nitrogen and oxygen atoms in total. The number of hydrogen-bond donors (Lipinski definition) is 1. The first-order valence-corrected chi connectivity index (χ1v) is 5.87. The third-order valence-electron chi connectivity index (χ3n) is 2.67. The van der Waals surface area contributed by atoms with Crippen molar-refractivity contribution in [3.63, 3.8) is 0 Å². The predicted molar refractivity (Wildman–Crippen MR) is 63.9 cm³/mol. The summed E-state index contributed by atoms with van der Waals surface area (Å²) < 4.78 is 15.0. The lowest BCUT2D eigenvalue weighted by Crippen LogP contribution is -2.09. The number of aromatic nitrogens is 4. The van der Waals surface area contributed by atoms with E-state index in [4.69, 9.17) is 5.11 Å². The van der Waals surface area contributed by atoms with Crippen LogP contribution < -0.4 is 0 Å². The molecule has 2 rings (SSSR count). The van der Waals surface area contributed by atoms with Gasteiger partial charge in [-0.15, -0.1) is 5.10 Å². The molecule has 1 aromatic heterocycles. The van der Waals surface area contributed by atoms with Crippen LogP contribution in [0.15, 0.2) is 24.3 Å². The maximum absolute atomic E-state index is 13.5. The lowest BCUT2D eigenvalue weighted by Gasteiger charge is -2.04. The van der Waals surface area contributed by atoms with E-state index in [9.17, 15) is 9.18 Å². The molecular formula is C12H13FN4O2. The van der Waals surface area contributed by atoms with Gasteiger partial charge in [0.2, 0.25) is 0 Å². The molecule has 0 spiro atoms. The van der Waals surface area contributed by atoms with Crippen LogP contribution in [0.2, 0.25) is 0 Å². The molecule has 0 aliphatic rings. The normalized spacial score (nSPS) is 10.6. The second-order valence-corrected chi connectivity index (χ2v) is 4.08. The van der Waals surface area contributed by atoms with Crippen LogP contribution in [0.25, 0.3) is 0 Å². The van der Waals surface area contributed by atoms with Crippen molar-refractivity contribution >= 4 is 5.97 Å². The highest BCUT2D eigenvalue weighted by molar-refractivity contribution is 5.66. The fourth-order valence-electron chi connectivity index (χ4n) is 1.72. The number of benzene rings is 1. The van der Waals surface area contributed by atoms with Gasteiger partial charge in [-0.3, -0.25) is 4.79 Å². The number of carboxylic acid groups (broad SMARTS) is 1. The van der Waals surface area contributed by atoms with Gasteiger partial charge in [-0.25, -0.2) is 9.07 Å². The van der Waals surface area contributed by atoms with E-state index < -0.39 is 5.97 Å². The lowest BCUT2D eigenvalue weighted by atomic mass is 10.1. The minimum absolute atomic E-state index is 0.0546. The predicted octanol–water partition coefficient (Wildman–Crippen LogP) is 1.27. The molecule has 0 saturated carbocycles. The van der Waals surface area contributed by atoms with E-state index in [1.807, 2.05) is 0 Å². The van der Waals surface area contributed by atoms with E-state index in [1.54, 1.807) is 18.2 Å². The van der Waals surface area contributed by atoms with Crippen LogP contribution in [-0.4, -0.2) is 31.3 Å². The third kappa shape index (κ3) is 3.57. The molecule has 1 N–H and O–H groups in total. The molecule has 0 aliphatic carbocycles. The van der Waals surface area contributed by atoms with E-state index >= 15 is 0 Å². The Hall–Kier alpha value is -2.31. The van der Waals surface area contributed by atoms with Crippen molar-refractivity contribution < 1.29 is 14.3 Å². The number of nitrogens with zero attached hydrogens (tertiary/aromatic N) is 4. The third-order valence-corrected chi connectivity index (χ3v) is 2.67. The fraction of sp³-hybridized carbons (Fsp3) is 0.333. The Kier molecular flexibility index (Phi) is 4.17. The summed E-state index contributed by atoms with van der Waals surface area (Å²) in [5.74, 6) is -0.637. The zero-order chi connectivity index (χ0) is 13.7. The van der Waals surface area contributed by atoms with Gasteiger partial charge < -0.3 is 5.11 Å². The molecule has 0 saturated heterocycles. The summed E-state index contributed by atoms with van der Waals surface area (Å²) >= 11 is 0. The Bertz CT molecular complexity index is 570. The number of tetrazole rings is 1. The summed E-state index contributed by atoms with van der Waals surface area (Å²) in [7, 11) is 0. The SMILES string of the molecule is O=C(O)CCCn1nnnc1Cc1ccccc1F. The highest BCUT2D eigenvalue weighted by Gasteiger charge is 2.10. The van der Waals surface area contributed by atoms with E-state index in [1.165, 1.54) is 10.7 Å². The molecule has 0 atom stereocenters. The zero-order valence-electron chi connectivity index (χ0n) is 10.2. The maximum atomic E-state index is 13.5. The molecule has 0 unspecified atom stereocenters. The van der Waals surface area contributed by atoms with Crippen molar-refractivity contribution in [1.29, 1.82) is 0 Å². The Labute approximate surface area is 108 Å². The molecule has 2 aromatic rings. The topological polar surface area (TPSA) is 80.9 Å². The zero-order valence-corrected chi connectivity index (χ0v) is 10.2. The number of carbonyl (C=O) groups is 1. The highest BCUT2D eigenvalue weighted by Crippen LogP contribution is 2.11. The summed E-state index contributed by atoms with van der Waals surface area (Å²) in [4.78, 5) is 10.4. The molecule has 0 radical (unpaired) electrons. The molecule has 19 heavy (non-hydrogen) atoms. The number of aliphatic carboxylic acids is 1. The first-order valence-electron chi connectivity index (χ1n) is 5.87. The van der Waals surface area contributed by atoms with Crippen LogP contribution in [0, 0.1) is 5.82 Å². The van der Waals surface area contributed by atoms with Crippen molar-refractivity contribution in [2.24, 2.45) is 0 Å². The van der Waals surface area contributed by atoms with Crippen molar-refractivity contribution in [3.8, 4) is 0 Å². The van der Waals surface area contributed by atoms with E-state index in [2.05, 4.69) is 15.5 Å². The van der Waals surface area contributed by atoms with Gasteiger partial charge in [0.1, 0.15) is 5.82 Å². The quantitative estimate of drug-likeness (QED) is 0.849. The van der Waals surface area contributed by atoms with Crippen molar-refractivity contribution in [1.82, 2.24) is 20.2 Å². The summed E-state index contributed by atoms with van der Waals surface area (Å²) in [6.45, 7) is 0.406. The van der Waals surface area contributed by atoms with Gasteiger partial charge >= 0.3 is 5.97 Å². The molecule has 0 aliphatic heterocycles. The molecule has 1 heterocycles. The van der Waals surface area contributed by atoms with Crippen LogP contribution >= 0.6 is 0 Å². The van der Waals surface area contributed by atoms with Crippen molar-refractivity contribution in [2.45, 2.75) is 25.8 Å². The van der Waals surface area contributed by atoms with E-state index in [-0.39, 0.29) is 18.7 Å². The first-order chi connectivity index (χ1) is 9.16. The Morgan fingerprint density at radius 2 is 2.16 bits per heavy atom. The van der Waals surface area contributed by atoms with Gasteiger partial charge in [-0.1, -0.05) is 18.2 Å². The van der Waals surface area contributed by atoms with E-state index in [0.717, 1.165) is 0 Å². The van der Waals surface area contributed by atoms with Gasteiger partial charge in [-0.2, -0.15) is 0 Å². The Morgan fingerprint density at radius 1 is 1.37 bits per heavy atom. The van der Waals surface area contributed by atoms with Crippen molar-refractivity contribution in [3.05, 3.63) is 41.5 Å². The Morgan fingerprint density at radius 3 is 2.89 bits per heavy atom. The Balaban J connectivity index is 2.03. The smallest absolute Gasteiger partial charge is 0.303 e. The largest absolute Gasteiger partial charge is 0.481 e. The number of hydrogen-bond acceptors (Lipinski definition) is 4. The second kappa shape index (κ2) is 6.03. The summed E-state index contributed by atoms with van der Waals surface area (Å²) in [5, 5.41) is 19.7. The molecule has 100 valence electrons. The average Bonchev–Trinajstić information content (AvgIpc) is 2.79. The summed E-state index contributed by atoms with van der Waals surface area (Å²) in [6, 6.07) is 6.42. The fourth-order valence-corrected chi connectivity index (χ4v) is 1.72. The van der Waals surface area contributed by atoms with Gasteiger partial charge in [0, 0.05) is 19.4 Å². The summed E-state index contributed by atoms with van der Waals surface area (Å²) in [5.41, 5.74) is 0.511. The monoisotopic (exact) mass is 264 g/mol. The van der Waals surface area contributed by atoms with Gasteiger partial charge in [0.25, 0.3) is 0 Å². The molecular weight excluding hydrogens is 251 g/mol. The van der Waals surface area contributed by atoms with Gasteiger partial charge in [-0.05, 0) is 28.5 Å². The minimum Gasteiger partial charge on any atom is -0.481 e. The molecule has 0 bridgehead atoms. The van der Waals surface area contributed by atoms with Crippen LogP contribution in [-0.2, 0) is 17.8 Å². The van der Waals surface area contributed by atoms with Gasteiger partial charge in [0.15, 0.2) is 5.82 Å². The first kappa shape index (κ1) is 13.1. The molecule has 0 fully saturated rings. The summed E-state index contributed by atoms with van der Waals surface area (Å²) in [6.07, 6.45) is 0.774. The van der Waals surface area contributed by atoms with Crippen LogP contribution in [0.1, 0.15) is 24.2 Å². The number of aryl methyl sites for hydroxylation is 1. The maximum Gasteiger partial charge on any atom is 0.303 e. The molecule has 0 amide bonds. The number of carboxylic acids is 1. The van der Waals surface area contributed by atoms with Crippen LogP contribution in [0.3, 0.4) is 0 Å². The van der Waals surface area contributed by atoms with E-state index in [0.29, 0.717) is 24.4 Å². The number of rotatable bonds is 6. The van der Waals surface area contributed by atoms with Crippen LogP contribution in [0.4, 0.5) is 4.39 Å². The average molecular weight is 264 g/mol. The molecule has 7 heteroatoms. The van der Waals surface area contributed by atoms with Crippen LogP contribution in [0.5, 0.6) is 0 Å². The lowest BCUT2D eigenvalue weighted by molar-refractivity contribution is -0.137. The standard InChI is InChI=1S/C12H13FN4O2/c13-10-5-2-1-4-9(10)8-11-14-15-16-17(11)7-3-6-12(18)19/h1-2,4-5H,3,6-8H2,(H,18,19). The molecule has 1 aromatic carbocycles. The minimum atomic E-state index is -0.858.